The molecular formula is C23H16F2N2O3. The number of rotatable bonds is 6. The molecule has 0 aliphatic carbocycles. The predicted molar refractivity (Wildman–Crippen MR) is 107 cm³/mol. The molecule has 0 spiro atoms. The highest BCUT2D eigenvalue weighted by molar-refractivity contribution is 5.92. The van der Waals surface area contributed by atoms with E-state index in [9.17, 15) is 13.6 Å². The fraction of sp³-hybridized carbons (Fsp3) is 0.0435. The van der Waals surface area contributed by atoms with Crippen LogP contribution in [0.3, 0.4) is 0 Å². The fourth-order valence-electron chi connectivity index (χ4n) is 2.81. The third kappa shape index (κ3) is 4.70. The molecule has 0 atom stereocenters. The summed E-state index contributed by atoms with van der Waals surface area (Å²) in [4.78, 5) is 12.3. The van der Waals surface area contributed by atoms with Gasteiger partial charge in [0, 0.05) is 17.8 Å². The van der Waals surface area contributed by atoms with Crippen molar-refractivity contribution in [3.8, 4) is 22.8 Å². The fourth-order valence-corrected chi connectivity index (χ4v) is 2.81. The smallest absolute Gasteiger partial charge is 0.230 e. The van der Waals surface area contributed by atoms with Gasteiger partial charge in [-0.05, 0) is 48.5 Å². The maximum atomic E-state index is 13.8. The molecule has 1 N–H and O–H groups in total. The average molecular weight is 406 g/mol. The molecule has 1 heterocycles. The summed E-state index contributed by atoms with van der Waals surface area (Å²) < 4.78 is 37.7. The molecule has 0 unspecified atom stereocenters. The molecule has 1 amide bonds. The number of nitrogens with zero attached hydrogens (tertiary/aromatic N) is 1. The molecule has 150 valence electrons. The minimum Gasteiger partial charge on any atom is -0.457 e. The van der Waals surface area contributed by atoms with Crippen molar-refractivity contribution in [2.75, 3.05) is 5.32 Å². The monoisotopic (exact) mass is 406 g/mol. The van der Waals surface area contributed by atoms with Crippen LogP contribution in [0.25, 0.3) is 11.3 Å². The molecule has 30 heavy (non-hydrogen) atoms. The molecule has 0 bridgehead atoms. The summed E-state index contributed by atoms with van der Waals surface area (Å²) in [6.45, 7) is 0. The molecule has 4 rings (SSSR count). The van der Waals surface area contributed by atoms with Gasteiger partial charge in [0.05, 0.1) is 17.7 Å². The van der Waals surface area contributed by atoms with Crippen molar-refractivity contribution in [3.63, 3.8) is 0 Å². The van der Waals surface area contributed by atoms with Crippen LogP contribution in [0.2, 0.25) is 0 Å². The largest absolute Gasteiger partial charge is 0.457 e. The number of halogens is 2. The number of anilines is 1. The lowest BCUT2D eigenvalue weighted by atomic mass is 10.1. The van der Waals surface area contributed by atoms with Crippen molar-refractivity contribution in [2.45, 2.75) is 6.42 Å². The Kier molecular flexibility index (Phi) is 5.52. The average Bonchev–Trinajstić information content (AvgIpc) is 3.18. The first-order valence-corrected chi connectivity index (χ1v) is 9.11. The first-order chi connectivity index (χ1) is 14.6. The van der Waals surface area contributed by atoms with Crippen molar-refractivity contribution in [1.82, 2.24) is 5.16 Å². The van der Waals surface area contributed by atoms with Crippen molar-refractivity contribution in [3.05, 3.63) is 96.2 Å². The summed E-state index contributed by atoms with van der Waals surface area (Å²) in [6.07, 6.45) is -0.0609. The number of nitrogens with one attached hydrogen (secondary N) is 1. The van der Waals surface area contributed by atoms with Crippen LogP contribution in [0, 0.1) is 11.6 Å². The second-order valence-electron chi connectivity index (χ2n) is 6.47. The van der Waals surface area contributed by atoms with Crippen LogP contribution < -0.4 is 10.1 Å². The van der Waals surface area contributed by atoms with Gasteiger partial charge < -0.3 is 14.6 Å². The molecule has 0 fully saturated rings. The quantitative estimate of drug-likeness (QED) is 0.453. The lowest BCUT2D eigenvalue weighted by Crippen LogP contribution is -2.14. The Morgan fingerprint density at radius 2 is 1.67 bits per heavy atom. The Hall–Kier alpha value is -4.00. The summed E-state index contributed by atoms with van der Waals surface area (Å²) in [5.41, 5.74) is 0.994. The number of hydrogen-bond donors (Lipinski definition) is 1. The van der Waals surface area contributed by atoms with E-state index in [0.29, 0.717) is 22.9 Å². The Morgan fingerprint density at radius 3 is 2.40 bits per heavy atom. The van der Waals surface area contributed by atoms with Crippen LogP contribution in [0.5, 0.6) is 11.5 Å². The maximum absolute atomic E-state index is 13.8. The molecular weight excluding hydrogens is 390 g/mol. The number of hydrogen-bond acceptors (Lipinski definition) is 4. The highest BCUT2D eigenvalue weighted by atomic mass is 19.1. The normalized spacial score (nSPS) is 10.6. The Morgan fingerprint density at radius 1 is 0.933 bits per heavy atom. The maximum Gasteiger partial charge on any atom is 0.230 e. The zero-order valence-electron chi connectivity index (χ0n) is 15.6. The molecule has 0 aliphatic rings. The van der Waals surface area contributed by atoms with E-state index in [4.69, 9.17) is 9.26 Å². The van der Waals surface area contributed by atoms with Crippen LogP contribution in [0.1, 0.15) is 5.69 Å². The van der Waals surface area contributed by atoms with Gasteiger partial charge in [-0.2, -0.15) is 0 Å². The van der Waals surface area contributed by atoms with Gasteiger partial charge in [-0.3, -0.25) is 4.79 Å². The Bertz CT molecular complexity index is 1160. The van der Waals surface area contributed by atoms with Crippen molar-refractivity contribution < 1.29 is 22.8 Å². The van der Waals surface area contributed by atoms with Crippen molar-refractivity contribution >= 4 is 11.6 Å². The summed E-state index contributed by atoms with van der Waals surface area (Å²) in [5, 5.41) is 6.53. The van der Waals surface area contributed by atoms with E-state index in [1.54, 1.807) is 24.3 Å². The van der Waals surface area contributed by atoms with Gasteiger partial charge in [0.15, 0.2) is 5.76 Å². The summed E-state index contributed by atoms with van der Waals surface area (Å²) in [5.74, 6) is -0.283. The SMILES string of the molecule is O=C(Cc1cc(-c2ccc(F)cc2F)on1)Nc1ccc(Oc2ccccc2)cc1. The zero-order valence-corrected chi connectivity index (χ0v) is 15.6. The summed E-state index contributed by atoms with van der Waals surface area (Å²) >= 11 is 0. The highest BCUT2D eigenvalue weighted by Crippen LogP contribution is 2.25. The van der Waals surface area contributed by atoms with Crippen LogP contribution in [0.4, 0.5) is 14.5 Å². The van der Waals surface area contributed by atoms with Crippen LogP contribution in [0.15, 0.2) is 83.4 Å². The number of para-hydroxylation sites is 1. The molecule has 0 radical (unpaired) electrons. The van der Waals surface area contributed by atoms with Gasteiger partial charge >= 0.3 is 0 Å². The molecule has 0 saturated carbocycles. The number of amides is 1. The number of benzene rings is 3. The third-order valence-electron chi connectivity index (χ3n) is 4.21. The van der Waals surface area contributed by atoms with Crippen LogP contribution in [-0.2, 0) is 11.2 Å². The van der Waals surface area contributed by atoms with E-state index < -0.39 is 11.6 Å². The van der Waals surface area contributed by atoms with E-state index in [0.717, 1.165) is 12.1 Å². The highest BCUT2D eigenvalue weighted by Gasteiger charge is 2.14. The van der Waals surface area contributed by atoms with E-state index in [2.05, 4.69) is 10.5 Å². The number of ether oxygens (including phenoxy) is 1. The van der Waals surface area contributed by atoms with E-state index >= 15 is 0 Å². The number of carbonyl (C=O) groups excluding carboxylic acids is 1. The molecule has 0 aliphatic heterocycles. The second-order valence-corrected chi connectivity index (χ2v) is 6.47. The van der Waals surface area contributed by atoms with E-state index in [1.165, 1.54) is 12.1 Å². The topological polar surface area (TPSA) is 64.4 Å². The molecule has 1 aromatic heterocycles. The third-order valence-corrected chi connectivity index (χ3v) is 4.21. The van der Waals surface area contributed by atoms with E-state index in [-0.39, 0.29) is 23.7 Å². The molecule has 3 aromatic carbocycles. The molecule has 7 heteroatoms. The Labute approximate surface area is 170 Å². The second kappa shape index (κ2) is 8.57. The minimum absolute atomic E-state index is 0.0609. The van der Waals surface area contributed by atoms with Gasteiger partial charge in [-0.15, -0.1) is 0 Å². The van der Waals surface area contributed by atoms with Crippen LogP contribution >= 0.6 is 0 Å². The predicted octanol–water partition coefficient (Wildman–Crippen LogP) is 5.59. The van der Waals surface area contributed by atoms with Crippen LogP contribution in [-0.4, -0.2) is 11.1 Å². The van der Waals surface area contributed by atoms with Gasteiger partial charge in [0.2, 0.25) is 5.91 Å². The van der Waals surface area contributed by atoms with Crippen molar-refractivity contribution in [1.29, 1.82) is 0 Å². The standard InChI is InChI=1S/C23H16F2N2O3/c24-15-6-11-20(21(25)12-15)22-13-17(27-30-22)14-23(28)26-16-7-9-19(10-8-16)29-18-4-2-1-3-5-18/h1-13H,14H2,(H,26,28). The van der Waals surface area contributed by atoms with Crippen molar-refractivity contribution in [2.24, 2.45) is 0 Å². The molecule has 4 aromatic rings. The number of aromatic nitrogens is 1. The Balaban J connectivity index is 1.36. The molecule has 0 saturated heterocycles. The zero-order chi connectivity index (χ0) is 20.9. The van der Waals surface area contributed by atoms with Gasteiger partial charge in [0.25, 0.3) is 0 Å². The summed E-state index contributed by atoms with van der Waals surface area (Å²) in [6, 6.07) is 20.9. The summed E-state index contributed by atoms with van der Waals surface area (Å²) in [7, 11) is 0. The first-order valence-electron chi connectivity index (χ1n) is 9.11. The van der Waals surface area contributed by atoms with Gasteiger partial charge in [-0.1, -0.05) is 23.4 Å². The minimum atomic E-state index is -0.764. The first kappa shape index (κ1) is 19.3. The molecule has 5 nitrogen and oxygen atoms in total. The van der Waals surface area contributed by atoms with E-state index in [1.807, 2.05) is 30.3 Å². The lowest BCUT2D eigenvalue weighted by Gasteiger charge is -2.07. The number of carbonyl (C=O) groups is 1. The van der Waals surface area contributed by atoms with Gasteiger partial charge in [-0.25, -0.2) is 8.78 Å². The lowest BCUT2D eigenvalue weighted by molar-refractivity contribution is -0.115. The van der Waals surface area contributed by atoms with Gasteiger partial charge in [0.1, 0.15) is 23.1 Å².